The zero-order valence-corrected chi connectivity index (χ0v) is 12.7. The predicted octanol–water partition coefficient (Wildman–Crippen LogP) is 4.17. The highest BCUT2D eigenvalue weighted by Crippen LogP contribution is 2.30. The van der Waals surface area contributed by atoms with Gasteiger partial charge in [-0.05, 0) is 23.6 Å². The molecule has 2 heterocycles. The van der Waals surface area contributed by atoms with Gasteiger partial charge in [0.25, 0.3) is 5.89 Å². The van der Waals surface area contributed by atoms with E-state index in [0.717, 1.165) is 12.1 Å². The fraction of sp³-hybridized carbons (Fsp3) is 0.133. The average molecular weight is 354 g/mol. The van der Waals surface area contributed by atoms with Crippen molar-refractivity contribution in [2.75, 3.05) is 0 Å². The van der Waals surface area contributed by atoms with E-state index in [9.17, 15) is 18.0 Å². The van der Waals surface area contributed by atoms with Gasteiger partial charge in [0, 0.05) is 10.9 Å². The average Bonchev–Trinajstić information content (AvgIpc) is 3.23. The molecule has 0 aliphatic carbocycles. The zero-order chi connectivity index (χ0) is 17.2. The molecule has 5 nitrogen and oxygen atoms in total. The van der Waals surface area contributed by atoms with Crippen LogP contribution in [0.25, 0.3) is 11.4 Å². The molecule has 0 aliphatic rings. The number of hydrogen-bond donors (Lipinski definition) is 0. The van der Waals surface area contributed by atoms with Crippen molar-refractivity contribution in [1.29, 1.82) is 0 Å². The maximum Gasteiger partial charge on any atom is 0.416 e. The summed E-state index contributed by atoms with van der Waals surface area (Å²) in [6.45, 7) is -0.220. The largest absolute Gasteiger partial charge is 0.452 e. The number of carbonyl (C=O) groups is 1. The smallest absolute Gasteiger partial charge is 0.416 e. The SMILES string of the molecule is O=C(OCc1nc(-c2ccc(C(F)(F)F)cc2)no1)c1ccsc1. The topological polar surface area (TPSA) is 65.2 Å². The lowest BCUT2D eigenvalue weighted by Gasteiger charge is -2.05. The molecule has 0 bridgehead atoms. The Morgan fingerprint density at radius 2 is 1.96 bits per heavy atom. The lowest BCUT2D eigenvalue weighted by atomic mass is 10.1. The number of halogens is 3. The van der Waals surface area contributed by atoms with Gasteiger partial charge in [-0.2, -0.15) is 29.5 Å². The Kier molecular flexibility index (Phi) is 4.34. The first-order valence-electron chi connectivity index (χ1n) is 6.63. The van der Waals surface area contributed by atoms with Crippen LogP contribution in [0.4, 0.5) is 13.2 Å². The van der Waals surface area contributed by atoms with Crippen LogP contribution in [-0.2, 0) is 17.5 Å². The molecule has 0 spiro atoms. The van der Waals surface area contributed by atoms with E-state index in [1.165, 1.54) is 23.5 Å². The van der Waals surface area contributed by atoms with Crippen molar-refractivity contribution >= 4 is 17.3 Å². The number of nitrogens with zero attached hydrogens (tertiary/aromatic N) is 2. The summed E-state index contributed by atoms with van der Waals surface area (Å²) >= 11 is 1.36. The Labute approximate surface area is 137 Å². The van der Waals surface area contributed by atoms with Crippen LogP contribution in [0, 0.1) is 0 Å². The zero-order valence-electron chi connectivity index (χ0n) is 11.9. The van der Waals surface area contributed by atoms with E-state index in [1.54, 1.807) is 16.8 Å². The van der Waals surface area contributed by atoms with Crippen LogP contribution in [-0.4, -0.2) is 16.1 Å². The fourth-order valence-corrected chi connectivity index (χ4v) is 2.46. The van der Waals surface area contributed by atoms with Crippen LogP contribution in [0.5, 0.6) is 0 Å². The first-order chi connectivity index (χ1) is 11.4. The Balaban J connectivity index is 1.66. The molecule has 0 saturated heterocycles. The molecule has 1 aromatic carbocycles. The van der Waals surface area contributed by atoms with Crippen LogP contribution >= 0.6 is 11.3 Å². The summed E-state index contributed by atoms with van der Waals surface area (Å²) in [5, 5.41) is 7.05. The van der Waals surface area contributed by atoms with Gasteiger partial charge in [0.1, 0.15) is 0 Å². The normalized spacial score (nSPS) is 11.5. The van der Waals surface area contributed by atoms with Crippen molar-refractivity contribution in [1.82, 2.24) is 10.1 Å². The Hall–Kier alpha value is -2.68. The van der Waals surface area contributed by atoms with Crippen molar-refractivity contribution in [3.8, 4) is 11.4 Å². The molecule has 0 saturated carbocycles. The van der Waals surface area contributed by atoms with Gasteiger partial charge in [0.2, 0.25) is 5.82 Å². The number of aromatic nitrogens is 2. The predicted molar refractivity (Wildman–Crippen MR) is 78.2 cm³/mol. The van der Waals surface area contributed by atoms with Gasteiger partial charge in [-0.3, -0.25) is 0 Å². The lowest BCUT2D eigenvalue weighted by Crippen LogP contribution is -2.04. The second-order valence-corrected chi connectivity index (χ2v) is 5.46. The van der Waals surface area contributed by atoms with Gasteiger partial charge in [-0.15, -0.1) is 0 Å². The number of ether oxygens (including phenoxy) is 1. The molecule has 9 heteroatoms. The summed E-state index contributed by atoms with van der Waals surface area (Å²) in [6, 6.07) is 5.97. The van der Waals surface area contributed by atoms with Crippen molar-refractivity contribution < 1.29 is 27.2 Å². The fourth-order valence-electron chi connectivity index (χ4n) is 1.83. The molecule has 124 valence electrons. The first-order valence-corrected chi connectivity index (χ1v) is 7.57. The molecule has 0 unspecified atom stereocenters. The van der Waals surface area contributed by atoms with E-state index >= 15 is 0 Å². The summed E-state index contributed by atoms with van der Waals surface area (Å²) in [5.74, 6) is -0.357. The minimum atomic E-state index is -4.41. The number of carbonyl (C=O) groups excluding carboxylic acids is 1. The van der Waals surface area contributed by atoms with Gasteiger partial charge in [-0.1, -0.05) is 17.3 Å². The summed E-state index contributed by atoms with van der Waals surface area (Å²) in [4.78, 5) is 15.7. The lowest BCUT2D eigenvalue weighted by molar-refractivity contribution is -0.137. The Bertz CT molecular complexity index is 827. The summed E-state index contributed by atoms with van der Waals surface area (Å²) in [7, 11) is 0. The number of benzene rings is 1. The minimum Gasteiger partial charge on any atom is -0.452 e. The van der Waals surface area contributed by atoms with E-state index in [0.29, 0.717) is 11.1 Å². The van der Waals surface area contributed by atoms with Crippen molar-refractivity contribution in [2.45, 2.75) is 12.8 Å². The highest BCUT2D eigenvalue weighted by Gasteiger charge is 2.30. The van der Waals surface area contributed by atoms with Gasteiger partial charge in [0.15, 0.2) is 6.61 Å². The summed E-state index contributed by atoms with van der Waals surface area (Å²) in [6.07, 6.45) is -4.41. The molecular weight excluding hydrogens is 345 g/mol. The quantitative estimate of drug-likeness (QED) is 0.658. The van der Waals surface area contributed by atoms with Gasteiger partial charge < -0.3 is 9.26 Å². The van der Waals surface area contributed by atoms with Crippen LogP contribution in [0.15, 0.2) is 45.6 Å². The molecule has 0 aliphatic heterocycles. The maximum atomic E-state index is 12.5. The van der Waals surface area contributed by atoms with E-state index < -0.39 is 17.7 Å². The third-order valence-corrected chi connectivity index (χ3v) is 3.71. The maximum absolute atomic E-state index is 12.5. The van der Waals surface area contributed by atoms with E-state index in [-0.39, 0.29) is 18.3 Å². The van der Waals surface area contributed by atoms with Gasteiger partial charge in [0.05, 0.1) is 11.1 Å². The number of alkyl halides is 3. The number of hydrogen-bond acceptors (Lipinski definition) is 6. The third-order valence-electron chi connectivity index (χ3n) is 3.02. The van der Waals surface area contributed by atoms with Crippen LogP contribution in [0.3, 0.4) is 0 Å². The molecule has 0 atom stereocenters. The van der Waals surface area contributed by atoms with E-state index in [4.69, 9.17) is 9.26 Å². The standard InChI is InChI=1S/C15H9F3N2O3S/c16-15(17,18)11-3-1-9(2-4-11)13-19-12(23-20-13)7-22-14(21)10-5-6-24-8-10/h1-6,8H,7H2. The molecule has 0 amide bonds. The molecule has 0 radical (unpaired) electrons. The van der Waals surface area contributed by atoms with Crippen molar-refractivity contribution in [2.24, 2.45) is 0 Å². The Morgan fingerprint density at radius 3 is 2.58 bits per heavy atom. The monoisotopic (exact) mass is 354 g/mol. The minimum absolute atomic E-state index is 0.0495. The van der Waals surface area contributed by atoms with Crippen LogP contribution in [0.1, 0.15) is 21.8 Å². The molecule has 3 rings (SSSR count). The van der Waals surface area contributed by atoms with E-state index in [2.05, 4.69) is 10.1 Å². The second kappa shape index (κ2) is 6.44. The van der Waals surface area contributed by atoms with Crippen molar-refractivity contribution in [3.63, 3.8) is 0 Å². The number of rotatable bonds is 4. The second-order valence-electron chi connectivity index (χ2n) is 4.67. The third kappa shape index (κ3) is 3.62. The highest BCUT2D eigenvalue weighted by atomic mass is 32.1. The van der Waals surface area contributed by atoms with Gasteiger partial charge >= 0.3 is 12.1 Å². The molecular formula is C15H9F3N2O3S. The van der Waals surface area contributed by atoms with Crippen LogP contribution in [0.2, 0.25) is 0 Å². The first kappa shape index (κ1) is 16.2. The molecule has 0 N–H and O–H groups in total. The molecule has 3 aromatic rings. The van der Waals surface area contributed by atoms with Crippen molar-refractivity contribution in [3.05, 3.63) is 58.1 Å². The van der Waals surface area contributed by atoms with E-state index in [1.807, 2.05) is 0 Å². The highest BCUT2D eigenvalue weighted by molar-refractivity contribution is 7.08. The number of esters is 1. The molecule has 24 heavy (non-hydrogen) atoms. The summed E-state index contributed by atoms with van der Waals surface area (Å²) in [5.41, 5.74) is 0.0179. The molecule has 2 aromatic heterocycles. The number of thiophene rings is 1. The molecule has 0 fully saturated rings. The van der Waals surface area contributed by atoms with Gasteiger partial charge in [-0.25, -0.2) is 4.79 Å². The summed E-state index contributed by atoms with van der Waals surface area (Å²) < 4.78 is 47.5. The van der Waals surface area contributed by atoms with Crippen LogP contribution < -0.4 is 0 Å². The Morgan fingerprint density at radius 1 is 1.21 bits per heavy atom.